The fraction of sp³-hybridized carbons (Fsp3) is 0. The molecular formula is C7H5NO2. The highest BCUT2D eigenvalue weighted by atomic mass is 16.7. The summed E-state index contributed by atoms with van der Waals surface area (Å²) in [5.74, 6) is 0. The molecule has 0 bridgehead atoms. The molecule has 1 heterocycles. The van der Waals surface area contributed by atoms with E-state index in [4.69, 9.17) is 4.52 Å². The van der Waals surface area contributed by atoms with Crippen molar-refractivity contribution < 1.29 is 9.43 Å². The van der Waals surface area contributed by atoms with Crippen LogP contribution in [0.1, 0.15) is 0 Å². The Hall–Kier alpha value is -1.51. The second-order valence-electron chi connectivity index (χ2n) is 2.04. The van der Waals surface area contributed by atoms with Crippen LogP contribution < -0.4 is 4.90 Å². The molecule has 0 fully saturated rings. The van der Waals surface area contributed by atoms with Gasteiger partial charge in [0.25, 0.3) is 0 Å². The first-order valence-electron chi connectivity index (χ1n) is 2.94. The maximum Gasteiger partial charge on any atom is 0.242 e. The molecule has 3 heteroatoms. The van der Waals surface area contributed by atoms with Gasteiger partial charge in [-0.2, -0.15) is 0 Å². The van der Waals surface area contributed by atoms with Crippen molar-refractivity contribution in [1.82, 2.24) is 0 Å². The van der Waals surface area contributed by atoms with E-state index in [9.17, 15) is 5.21 Å². The van der Waals surface area contributed by atoms with Gasteiger partial charge in [-0.15, -0.1) is 0 Å². The molecule has 0 amide bonds. The summed E-state index contributed by atoms with van der Waals surface area (Å²) in [6.45, 7) is 0. The fourth-order valence-electron chi connectivity index (χ4n) is 0.907. The predicted octanol–water partition coefficient (Wildman–Crippen LogP) is 1.07. The lowest BCUT2D eigenvalue weighted by Crippen LogP contribution is -2.19. The Morgan fingerprint density at radius 1 is 1.30 bits per heavy atom. The van der Waals surface area contributed by atoms with Crippen molar-refractivity contribution in [1.29, 1.82) is 0 Å². The molecule has 0 aliphatic rings. The van der Waals surface area contributed by atoms with Crippen LogP contribution in [0.3, 0.4) is 0 Å². The Morgan fingerprint density at radius 3 is 2.90 bits per heavy atom. The average Bonchev–Trinajstić information content (AvgIpc) is 2.27. The minimum absolute atomic E-state index is 0.449. The Morgan fingerprint density at radius 2 is 2.10 bits per heavy atom. The third kappa shape index (κ3) is 0.639. The van der Waals surface area contributed by atoms with Crippen molar-refractivity contribution in [3.05, 3.63) is 35.7 Å². The number of nitrogens with zero attached hydrogens (tertiary/aromatic N) is 1. The molecule has 0 N–H and O–H groups in total. The number of benzene rings is 1. The third-order valence-electron chi connectivity index (χ3n) is 1.35. The molecule has 0 aliphatic carbocycles. The van der Waals surface area contributed by atoms with Gasteiger partial charge in [-0.3, -0.25) is 5.21 Å². The average molecular weight is 135 g/mol. The van der Waals surface area contributed by atoms with Crippen molar-refractivity contribution in [3.8, 4) is 0 Å². The summed E-state index contributed by atoms with van der Waals surface area (Å²) in [5.41, 5.74) is 0.623. The summed E-state index contributed by atoms with van der Waals surface area (Å²) >= 11 is 0. The summed E-state index contributed by atoms with van der Waals surface area (Å²) in [6.07, 6.45) is 1.40. The summed E-state index contributed by atoms with van der Waals surface area (Å²) in [6, 6.07) is 7.26. The van der Waals surface area contributed by atoms with Crippen LogP contribution in [-0.4, -0.2) is 0 Å². The standard InChI is InChI=1S/C7H5NO2/c9-8-5-6-3-1-2-4-7(6)10-8/h1-5H. The minimum Gasteiger partial charge on any atom is -0.367 e. The van der Waals surface area contributed by atoms with Crippen molar-refractivity contribution >= 4 is 11.0 Å². The van der Waals surface area contributed by atoms with E-state index >= 15 is 0 Å². The molecule has 3 nitrogen and oxygen atoms in total. The highest BCUT2D eigenvalue weighted by Gasteiger charge is 1.97. The van der Waals surface area contributed by atoms with Gasteiger partial charge in [0.15, 0.2) is 0 Å². The third-order valence-corrected chi connectivity index (χ3v) is 1.35. The van der Waals surface area contributed by atoms with Crippen LogP contribution in [0.2, 0.25) is 0 Å². The van der Waals surface area contributed by atoms with Gasteiger partial charge in [-0.25, -0.2) is 0 Å². The second-order valence-corrected chi connectivity index (χ2v) is 2.04. The molecule has 0 atom stereocenters. The molecule has 2 aromatic rings. The van der Waals surface area contributed by atoms with E-state index in [1.54, 1.807) is 6.07 Å². The van der Waals surface area contributed by atoms with E-state index in [1.165, 1.54) is 6.20 Å². The van der Waals surface area contributed by atoms with E-state index in [0.717, 1.165) is 5.39 Å². The predicted molar refractivity (Wildman–Crippen MR) is 35.2 cm³/mol. The van der Waals surface area contributed by atoms with E-state index in [2.05, 4.69) is 0 Å². The number of aromatic nitrogens is 1. The molecule has 0 spiro atoms. The summed E-state index contributed by atoms with van der Waals surface area (Å²) in [5, 5.41) is 11.4. The molecule has 0 unspecified atom stereocenters. The molecule has 0 saturated heterocycles. The SMILES string of the molecule is [O-][n+]1cc2ccccc2o1. The first kappa shape index (κ1) is 5.29. The zero-order valence-electron chi connectivity index (χ0n) is 5.15. The Balaban J connectivity index is 2.88. The lowest BCUT2D eigenvalue weighted by atomic mass is 10.3. The number of rotatable bonds is 0. The molecule has 1 aromatic heterocycles. The van der Waals surface area contributed by atoms with E-state index in [-0.39, 0.29) is 0 Å². The second kappa shape index (κ2) is 1.73. The first-order valence-corrected chi connectivity index (χ1v) is 2.94. The molecule has 1 aromatic carbocycles. The summed E-state index contributed by atoms with van der Waals surface area (Å²) in [7, 11) is 0. The Labute approximate surface area is 57.0 Å². The van der Waals surface area contributed by atoms with Gasteiger partial charge in [0.1, 0.15) is 0 Å². The molecule has 50 valence electrons. The van der Waals surface area contributed by atoms with Crippen molar-refractivity contribution in [2.45, 2.75) is 0 Å². The van der Waals surface area contributed by atoms with Gasteiger partial charge in [0.05, 0.1) is 11.0 Å². The van der Waals surface area contributed by atoms with Crippen molar-refractivity contribution in [3.63, 3.8) is 0 Å². The fourth-order valence-corrected chi connectivity index (χ4v) is 0.907. The van der Waals surface area contributed by atoms with Crippen LogP contribution in [0.25, 0.3) is 11.0 Å². The number of hydrogen-bond donors (Lipinski definition) is 0. The van der Waals surface area contributed by atoms with Crippen LogP contribution in [0.4, 0.5) is 0 Å². The van der Waals surface area contributed by atoms with Gasteiger partial charge in [0.2, 0.25) is 6.20 Å². The Bertz CT molecular complexity index is 320. The molecule has 10 heavy (non-hydrogen) atoms. The topological polar surface area (TPSA) is 40.1 Å². The van der Waals surface area contributed by atoms with Crippen molar-refractivity contribution in [2.24, 2.45) is 0 Å². The number of fused-ring (bicyclic) bond motifs is 1. The molecule has 0 saturated carbocycles. The lowest BCUT2D eigenvalue weighted by molar-refractivity contribution is -0.788. The smallest absolute Gasteiger partial charge is 0.242 e. The van der Waals surface area contributed by atoms with Crippen LogP contribution in [0.15, 0.2) is 35.0 Å². The highest BCUT2D eigenvalue weighted by Crippen LogP contribution is 2.09. The zero-order chi connectivity index (χ0) is 6.97. The van der Waals surface area contributed by atoms with Gasteiger partial charge < -0.3 is 4.52 Å². The van der Waals surface area contributed by atoms with Crippen molar-refractivity contribution in [2.75, 3.05) is 0 Å². The van der Waals surface area contributed by atoms with Gasteiger partial charge in [-0.05, 0) is 12.1 Å². The van der Waals surface area contributed by atoms with Gasteiger partial charge in [0, 0.05) is 4.90 Å². The lowest BCUT2D eigenvalue weighted by Gasteiger charge is -1.81. The van der Waals surface area contributed by atoms with Crippen LogP contribution in [0.5, 0.6) is 0 Å². The van der Waals surface area contributed by atoms with Crippen LogP contribution in [0, 0.1) is 5.21 Å². The molecule has 2 rings (SSSR count). The van der Waals surface area contributed by atoms with E-state index in [0.29, 0.717) is 10.5 Å². The Kier molecular flexibility index (Phi) is 0.917. The minimum atomic E-state index is 0.449. The van der Waals surface area contributed by atoms with E-state index in [1.807, 2.05) is 18.2 Å². The molecular weight excluding hydrogens is 130 g/mol. The van der Waals surface area contributed by atoms with Crippen LogP contribution >= 0.6 is 0 Å². The molecule has 0 radical (unpaired) electrons. The maximum atomic E-state index is 10.5. The van der Waals surface area contributed by atoms with Crippen LogP contribution in [-0.2, 0) is 0 Å². The monoisotopic (exact) mass is 135 g/mol. The van der Waals surface area contributed by atoms with E-state index < -0.39 is 0 Å². The maximum absolute atomic E-state index is 10.5. The summed E-state index contributed by atoms with van der Waals surface area (Å²) < 4.78 is 4.73. The summed E-state index contributed by atoms with van der Waals surface area (Å²) in [4.78, 5) is 0.449. The first-order chi connectivity index (χ1) is 4.86. The van der Waals surface area contributed by atoms with Gasteiger partial charge in [-0.1, -0.05) is 12.1 Å². The quantitative estimate of drug-likeness (QED) is 0.507. The normalized spacial score (nSPS) is 10.4. The largest absolute Gasteiger partial charge is 0.367 e. The zero-order valence-corrected chi connectivity index (χ0v) is 5.15. The highest BCUT2D eigenvalue weighted by molar-refractivity contribution is 5.74. The number of hydrogen-bond acceptors (Lipinski definition) is 2. The van der Waals surface area contributed by atoms with Gasteiger partial charge >= 0.3 is 0 Å². The number of para-hydroxylation sites is 1. The molecule has 0 aliphatic heterocycles.